The van der Waals surface area contributed by atoms with Gasteiger partial charge in [0.15, 0.2) is 5.82 Å². The SMILES string of the molecule is COc1cccc(CN2CCc3nc(-c4ccccc4)nn3CC2)n1. The molecule has 128 valence electrons. The molecule has 1 aromatic carbocycles. The molecule has 2 aromatic heterocycles. The van der Waals surface area contributed by atoms with Crippen LogP contribution in [0.25, 0.3) is 11.4 Å². The molecule has 25 heavy (non-hydrogen) atoms. The Morgan fingerprint density at radius 2 is 1.84 bits per heavy atom. The molecule has 0 saturated carbocycles. The highest BCUT2D eigenvalue weighted by Crippen LogP contribution is 2.18. The van der Waals surface area contributed by atoms with E-state index in [1.165, 1.54) is 0 Å². The van der Waals surface area contributed by atoms with Gasteiger partial charge in [-0.2, -0.15) is 5.10 Å². The van der Waals surface area contributed by atoms with Gasteiger partial charge in [0.05, 0.1) is 19.3 Å². The Morgan fingerprint density at radius 3 is 2.68 bits per heavy atom. The molecule has 0 unspecified atom stereocenters. The molecule has 1 aliphatic heterocycles. The fourth-order valence-corrected chi connectivity index (χ4v) is 3.10. The van der Waals surface area contributed by atoms with Gasteiger partial charge >= 0.3 is 0 Å². The van der Waals surface area contributed by atoms with Gasteiger partial charge in [-0.1, -0.05) is 36.4 Å². The Balaban J connectivity index is 1.45. The maximum atomic E-state index is 5.21. The third-order valence-electron chi connectivity index (χ3n) is 4.44. The average Bonchev–Trinajstić information content (AvgIpc) is 2.99. The summed E-state index contributed by atoms with van der Waals surface area (Å²) in [6, 6.07) is 16.0. The highest BCUT2D eigenvalue weighted by molar-refractivity contribution is 5.54. The van der Waals surface area contributed by atoms with Crippen LogP contribution in [0, 0.1) is 0 Å². The molecule has 0 bridgehead atoms. The second-order valence-corrected chi connectivity index (χ2v) is 6.14. The number of fused-ring (bicyclic) bond motifs is 1. The van der Waals surface area contributed by atoms with Crippen molar-refractivity contribution >= 4 is 0 Å². The lowest BCUT2D eigenvalue weighted by atomic mass is 10.2. The average molecular weight is 335 g/mol. The summed E-state index contributed by atoms with van der Waals surface area (Å²) < 4.78 is 7.25. The molecule has 4 rings (SSSR count). The number of methoxy groups -OCH3 is 1. The molecule has 1 aliphatic rings. The molecular formula is C19H21N5O. The number of aromatic nitrogens is 4. The van der Waals surface area contributed by atoms with Gasteiger partial charge in [0, 0.05) is 37.7 Å². The second kappa shape index (κ2) is 7.03. The van der Waals surface area contributed by atoms with Gasteiger partial charge in [-0.05, 0) is 6.07 Å². The molecule has 0 spiro atoms. The summed E-state index contributed by atoms with van der Waals surface area (Å²) >= 11 is 0. The summed E-state index contributed by atoms with van der Waals surface area (Å²) in [4.78, 5) is 11.6. The first kappa shape index (κ1) is 15.8. The Labute approximate surface area is 147 Å². The lowest BCUT2D eigenvalue weighted by molar-refractivity contribution is 0.264. The highest BCUT2D eigenvalue weighted by Gasteiger charge is 2.18. The van der Waals surface area contributed by atoms with Crippen molar-refractivity contribution in [1.82, 2.24) is 24.6 Å². The Bertz CT molecular complexity index is 821. The van der Waals surface area contributed by atoms with Crippen LogP contribution >= 0.6 is 0 Å². The van der Waals surface area contributed by atoms with Crippen LogP contribution in [0.2, 0.25) is 0 Å². The first-order chi connectivity index (χ1) is 12.3. The molecule has 0 radical (unpaired) electrons. The Hall–Kier alpha value is -2.73. The minimum Gasteiger partial charge on any atom is -0.481 e. The largest absolute Gasteiger partial charge is 0.481 e. The summed E-state index contributed by atoms with van der Waals surface area (Å²) in [6.45, 7) is 3.54. The molecular weight excluding hydrogens is 314 g/mol. The third kappa shape index (κ3) is 3.53. The quantitative estimate of drug-likeness (QED) is 0.733. The van der Waals surface area contributed by atoms with Crippen LogP contribution < -0.4 is 4.74 Å². The third-order valence-corrected chi connectivity index (χ3v) is 4.44. The number of hydrogen-bond acceptors (Lipinski definition) is 5. The van der Waals surface area contributed by atoms with E-state index < -0.39 is 0 Å². The summed E-state index contributed by atoms with van der Waals surface area (Å²) in [5, 5.41) is 4.69. The van der Waals surface area contributed by atoms with Crippen LogP contribution in [0.3, 0.4) is 0 Å². The highest BCUT2D eigenvalue weighted by atomic mass is 16.5. The van der Waals surface area contributed by atoms with Gasteiger partial charge < -0.3 is 4.74 Å². The van der Waals surface area contributed by atoms with Crippen molar-refractivity contribution in [3.05, 3.63) is 60.0 Å². The van der Waals surface area contributed by atoms with Crippen LogP contribution in [0.5, 0.6) is 5.88 Å². The topological polar surface area (TPSA) is 56.1 Å². The zero-order valence-electron chi connectivity index (χ0n) is 14.3. The number of ether oxygens (including phenoxy) is 1. The number of hydrogen-bond donors (Lipinski definition) is 0. The second-order valence-electron chi connectivity index (χ2n) is 6.14. The molecule has 6 heteroatoms. The fraction of sp³-hybridized carbons (Fsp3) is 0.316. The van der Waals surface area contributed by atoms with E-state index in [4.69, 9.17) is 14.8 Å². The monoisotopic (exact) mass is 335 g/mol. The summed E-state index contributed by atoms with van der Waals surface area (Å²) in [7, 11) is 1.65. The predicted octanol–water partition coefficient (Wildman–Crippen LogP) is 2.41. The zero-order valence-corrected chi connectivity index (χ0v) is 14.3. The summed E-state index contributed by atoms with van der Waals surface area (Å²) in [5.74, 6) is 2.54. The molecule has 0 fully saturated rings. The molecule has 0 aliphatic carbocycles. The number of benzene rings is 1. The minimum absolute atomic E-state index is 0.661. The van der Waals surface area contributed by atoms with Crippen LogP contribution in [0.15, 0.2) is 48.5 Å². The van der Waals surface area contributed by atoms with E-state index in [-0.39, 0.29) is 0 Å². The smallest absolute Gasteiger partial charge is 0.213 e. The van der Waals surface area contributed by atoms with Gasteiger partial charge in [-0.3, -0.25) is 4.90 Å². The normalized spacial score (nSPS) is 14.8. The fourth-order valence-electron chi connectivity index (χ4n) is 3.10. The van der Waals surface area contributed by atoms with Crippen LogP contribution in [-0.2, 0) is 19.5 Å². The molecule has 0 amide bonds. The van der Waals surface area contributed by atoms with Crippen molar-refractivity contribution in [1.29, 1.82) is 0 Å². The first-order valence-corrected chi connectivity index (χ1v) is 8.53. The van der Waals surface area contributed by atoms with E-state index >= 15 is 0 Å². The maximum Gasteiger partial charge on any atom is 0.213 e. The van der Waals surface area contributed by atoms with Crippen LogP contribution in [-0.4, -0.2) is 44.8 Å². The number of nitrogens with zero attached hydrogens (tertiary/aromatic N) is 5. The van der Waals surface area contributed by atoms with Crippen LogP contribution in [0.4, 0.5) is 0 Å². The van der Waals surface area contributed by atoms with Crippen molar-refractivity contribution in [2.75, 3.05) is 20.2 Å². The van der Waals surface area contributed by atoms with Gasteiger partial charge in [-0.15, -0.1) is 0 Å². The minimum atomic E-state index is 0.661. The lowest BCUT2D eigenvalue weighted by Crippen LogP contribution is -2.27. The summed E-state index contributed by atoms with van der Waals surface area (Å²) in [5.41, 5.74) is 2.09. The van der Waals surface area contributed by atoms with E-state index in [2.05, 4.69) is 22.0 Å². The van der Waals surface area contributed by atoms with Gasteiger partial charge in [-0.25, -0.2) is 14.6 Å². The van der Waals surface area contributed by atoms with Crippen molar-refractivity contribution in [3.8, 4) is 17.3 Å². The Kier molecular flexibility index (Phi) is 4.43. The van der Waals surface area contributed by atoms with E-state index in [0.29, 0.717) is 5.88 Å². The van der Waals surface area contributed by atoms with E-state index in [9.17, 15) is 0 Å². The zero-order chi connectivity index (χ0) is 17.1. The maximum absolute atomic E-state index is 5.21. The first-order valence-electron chi connectivity index (χ1n) is 8.53. The van der Waals surface area contributed by atoms with Crippen molar-refractivity contribution < 1.29 is 4.74 Å². The van der Waals surface area contributed by atoms with Gasteiger partial charge in [0.1, 0.15) is 5.82 Å². The number of pyridine rings is 1. The van der Waals surface area contributed by atoms with Gasteiger partial charge in [0.25, 0.3) is 0 Å². The van der Waals surface area contributed by atoms with Gasteiger partial charge in [0.2, 0.25) is 5.88 Å². The molecule has 0 N–H and O–H groups in total. The molecule has 0 saturated heterocycles. The lowest BCUT2D eigenvalue weighted by Gasteiger charge is -2.18. The standard InChI is InChI=1S/C19H21N5O/c1-25-18-9-5-8-16(20-18)14-23-11-10-17-21-19(22-24(17)13-12-23)15-6-3-2-4-7-15/h2-9H,10-14H2,1H3. The van der Waals surface area contributed by atoms with Crippen molar-refractivity contribution in [2.45, 2.75) is 19.5 Å². The van der Waals surface area contributed by atoms with E-state index in [1.807, 2.05) is 41.1 Å². The molecule has 6 nitrogen and oxygen atoms in total. The molecule has 0 atom stereocenters. The van der Waals surface area contributed by atoms with E-state index in [0.717, 1.165) is 55.5 Å². The predicted molar refractivity (Wildman–Crippen MR) is 95.2 cm³/mol. The van der Waals surface area contributed by atoms with Crippen molar-refractivity contribution in [2.24, 2.45) is 0 Å². The van der Waals surface area contributed by atoms with Crippen molar-refractivity contribution in [3.63, 3.8) is 0 Å². The molecule has 3 aromatic rings. The van der Waals surface area contributed by atoms with Crippen LogP contribution in [0.1, 0.15) is 11.5 Å². The molecule has 3 heterocycles. The number of rotatable bonds is 4. The van der Waals surface area contributed by atoms with E-state index in [1.54, 1.807) is 7.11 Å². The summed E-state index contributed by atoms with van der Waals surface area (Å²) in [6.07, 6.45) is 0.893. The Morgan fingerprint density at radius 1 is 0.960 bits per heavy atom.